The predicted molar refractivity (Wildman–Crippen MR) is 78.3 cm³/mol. The maximum atomic E-state index is 12.4. The zero-order valence-electron chi connectivity index (χ0n) is 12.7. The monoisotopic (exact) mass is 281 g/mol. The molecule has 0 aliphatic carbocycles. The highest BCUT2D eigenvalue weighted by Gasteiger charge is 2.37. The lowest BCUT2D eigenvalue weighted by Gasteiger charge is -2.28. The van der Waals surface area contributed by atoms with Crippen molar-refractivity contribution < 1.29 is 9.59 Å². The summed E-state index contributed by atoms with van der Waals surface area (Å²) >= 11 is 0. The van der Waals surface area contributed by atoms with Gasteiger partial charge in [0.1, 0.15) is 0 Å². The van der Waals surface area contributed by atoms with Crippen LogP contribution in [-0.2, 0) is 9.59 Å². The van der Waals surface area contributed by atoms with Crippen molar-refractivity contribution in [1.82, 2.24) is 15.1 Å². The first-order valence-electron chi connectivity index (χ1n) is 7.97. The molecule has 2 rings (SSSR count). The zero-order chi connectivity index (χ0) is 14.5. The molecule has 1 N–H and O–H groups in total. The summed E-state index contributed by atoms with van der Waals surface area (Å²) in [6.07, 6.45) is 3.99. The lowest BCUT2D eigenvalue weighted by molar-refractivity contribution is -0.138. The minimum atomic E-state index is 0.101. The van der Waals surface area contributed by atoms with Crippen LogP contribution in [0.1, 0.15) is 46.0 Å². The van der Waals surface area contributed by atoms with Gasteiger partial charge in [-0.25, -0.2) is 0 Å². The predicted octanol–water partition coefficient (Wildman–Crippen LogP) is 0.988. The number of carbonyl (C=O) groups excluding carboxylic acids is 2. The second kappa shape index (κ2) is 7.07. The minimum Gasteiger partial charge on any atom is -0.343 e. The van der Waals surface area contributed by atoms with Gasteiger partial charge in [-0.1, -0.05) is 0 Å². The van der Waals surface area contributed by atoms with Crippen LogP contribution >= 0.6 is 0 Å². The zero-order valence-corrected chi connectivity index (χ0v) is 12.7. The smallest absolute Gasteiger partial charge is 0.223 e. The van der Waals surface area contributed by atoms with Crippen molar-refractivity contribution in [3.63, 3.8) is 0 Å². The lowest BCUT2D eigenvalue weighted by atomic mass is 10.1. The number of hydrogen-bond acceptors (Lipinski definition) is 3. The molecule has 2 aliphatic rings. The highest BCUT2D eigenvalue weighted by atomic mass is 16.2. The normalized spacial score (nSPS) is 25.4. The third-order valence-corrected chi connectivity index (χ3v) is 4.61. The molecule has 2 saturated heterocycles. The van der Waals surface area contributed by atoms with Crippen LogP contribution in [0.5, 0.6) is 0 Å². The molecule has 0 aromatic rings. The van der Waals surface area contributed by atoms with Gasteiger partial charge in [-0.05, 0) is 39.7 Å². The maximum Gasteiger partial charge on any atom is 0.223 e. The molecule has 114 valence electrons. The Hall–Kier alpha value is -1.10. The van der Waals surface area contributed by atoms with Crippen molar-refractivity contribution in [3.8, 4) is 0 Å². The van der Waals surface area contributed by atoms with Gasteiger partial charge in [-0.2, -0.15) is 0 Å². The topological polar surface area (TPSA) is 52.7 Å². The van der Waals surface area contributed by atoms with E-state index in [1.165, 1.54) is 0 Å². The van der Waals surface area contributed by atoms with Gasteiger partial charge in [0.2, 0.25) is 11.8 Å². The summed E-state index contributed by atoms with van der Waals surface area (Å²) in [5, 5.41) is 3.40. The van der Waals surface area contributed by atoms with E-state index in [4.69, 9.17) is 0 Å². The van der Waals surface area contributed by atoms with Crippen molar-refractivity contribution >= 4 is 11.8 Å². The summed E-state index contributed by atoms with van der Waals surface area (Å²) in [4.78, 5) is 28.3. The minimum absolute atomic E-state index is 0.101. The van der Waals surface area contributed by atoms with E-state index in [0.717, 1.165) is 45.4 Å². The summed E-state index contributed by atoms with van der Waals surface area (Å²) in [5.74, 6) is 0.269. The second-order valence-electron chi connectivity index (χ2n) is 5.74. The van der Waals surface area contributed by atoms with Gasteiger partial charge in [0.25, 0.3) is 0 Å². The number of rotatable bonds is 5. The largest absolute Gasteiger partial charge is 0.343 e. The average Bonchev–Trinajstić information content (AvgIpc) is 2.71. The van der Waals surface area contributed by atoms with Gasteiger partial charge >= 0.3 is 0 Å². The molecule has 2 bridgehead atoms. The van der Waals surface area contributed by atoms with Gasteiger partial charge in [-0.15, -0.1) is 0 Å². The second-order valence-corrected chi connectivity index (χ2v) is 5.74. The molecule has 0 radical (unpaired) electrons. The Morgan fingerprint density at radius 1 is 1.10 bits per heavy atom. The van der Waals surface area contributed by atoms with E-state index in [1.54, 1.807) is 4.90 Å². The maximum absolute atomic E-state index is 12.4. The standard InChI is InChI=1S/C15H27N3O2/c1-3-17(4-2)14(19)7-8-15(20)18-12-5-6-13(18)11-16-10-9-12/h12-13,16H,3-11H2,1-2H3. The molecule has 2 amide bonds. The molecule has 0 aromatic carbocycles. The van der Waals surface area contributed by atoms with Crippen molar-refractivity contribution in [2.75, 3.05) is 26.2 Å². The number of amides is 2. The van der Waals surface area contributed by atoms with Crippen LogP contribution in [0.25, 0.3) is 0 Å². The molecule has 0 aromatic heterocycles. The first-order valence-corrected chi connectivity index (χ1v) is 7.97. The Balaban J connectivity index is 1.87. The van der Waals surface area contributed by atoms with Crippen LogP contribution in [0.2, 0.25) is 0 Å². The molecule has 5 heteroatoms. The molecule has 2 atom stereocenters. The van der Waals surface area contributed by atoms with Crippen molar-refractivity contribution in [2.45, 2.75) is 58.0 Å². The Morgan fingerprint density at radius 3 is 2.50 bits per heavy atom. The molecule has 2 fully saturated rings. The third kappa shape index (κ3) is 3.32. The summed E-state index contributed by atoms with van der Waals surface area (Å²) in [6.45, 7) is 7.31. The van der Waals surface area contributed by atoms with E-state index >= 15 is 0 Å². The molecule has 2 aliphatic heterocycles. The van der Waals surface area contributed by atoms with Gasteiger partial charge in [-0.3, -0.25) is 9.59 Å². The van der Waals surface area contributed by atoms with Crippen LogP contribution in [0.3, 0.4) is 0 Å². The van der Waals surface area contributed by atoms with Crippen molar-refractivity contribution in [3.05, 3.63) is 0 Å². The first kappa shape index (κ1) is 15.3. The lowest BCUT2D eigenvalue weighted by Crippen LogP contribution is -2.43. The van der Waals surface area contributed by atoms with E-state index in [9.17, 15) is 9.59 Å². The molecule has 2 unspecified atom stereocenters. The van der Waals surface area contributed by atoms with Gasteiger partial charge < -0.3 is 15.1 Å². The third-order valence-electron chi connectivity index (χ3n) is 4.61. The molecule has 0 saturated carbocycles. The van der Waals surface area contributed by atoms with E-state index in [0.29, 0.717) is 24.9 Å². The van der Waals surface area contributed by atoms with E-state index < -0.39 is 0 Å². The average molecular weight is 281 g/mol. The van der Waals surface area contributed by atoms with E-state index in [2.05, 4.69) is 10.2 Å². The fraction of sp³-hybridized carbons (Fsp3) is 0.867. The molecule has 0 spiro atoms. The van der Waals surface area contributed by atoms with Crippen molar-refractivity contribution in [1.29, 1.82) is 0 Å². The highest BCUT2D eigenvalue weighted by Crippen LogP contribution is 2.28. The number of nitrogens with one attached hydrogen (secondary N) is 1. The molecule has 5 nitrogen and oxygen atoms in total. The van der Waals surface area contributed by atoms with Gasteiger partial charge in [0.15, 0.2) is 0 Å². The summed E-state index contributed by atoms with van der Waals surface area (Å²) in [5.41, 5.74) is 0. The number of carbonyl (C=O) groups is 2. The summed E-state index contributed by atoms with van der Waals surface area (Å²) in [6, 6.07) is 0.740. The van der Waals surface area contributed by atoms with Crippen LogP contribution in [0, 0.1) is 0 Å². The Morgan fingerprint density at radius 2 is 1.80 bits per heavy atom. The number of fused-ring (bicyclic) bond motifs is 2. The molecule has 20 heavy (non-hydrogen) atoms. The quantitative estimate of drug-likeness (QED) is 0.817. The van der Waals surface area contributed by atoms with Crippen molar-refractivity contribution in [2.24, 2.45) is 0 Å². The Kier molecular flexibility index (Phi) is 5.40. The number of nitrogens with zero attached hydrogens (tertiary/aromatic N) is 2. The summed E-state index contributed by atoms with van der Waals surface area (Å²) < 4.78 is 0. The van der Waals surface area contributed by atoms with Gasteiger partial charge in [0.05, 0.1) is 0 Å². The van der Waals surface area contributed by atoms with Crippen LogP contribution in [0.15, 0.2) is 0 Å². The van der Waals surface area contributed by atoms with E-state index in [1.807, 2.05) is 13.8 Å². The SMILES string of the molecule is CCN(CC)C(=O)CCC(=O)N1C2CCNCC1CC2. The number of hydrogen-bond donors (Lipinski definition) is 1. The fourth-order valence-electron chi connectivity index (χ4n) is 3.47. The fourth-order valence-corrected chi connectivity index (χ4v) is 3.47. The van der Waals surface area contributed by atoms with Crippen LogP contribution in [0.4, 0.5) is 0 Å². The molecular formula is C15H27N3O2. The Labute approximate surface area is 121 Å². The van der Waals surface area contributed by atoms with Crippen LogP contribution in [-0.4, -0.2) is 59.9 Å². The first-order chi connectivity index (χ1) is 9.67. The van der Waals surface area contributed by atoms with Crippen LogP contribution < -0.4 is 5.32 Å². The van der Waals surface area contributed by atoms with E-state index in [-0.39, 0.29) is 11.8 Å². The Bertz CT molecular complexity index is 341. The summed E-state index contributed by atoms with van der Waals surface area (Å²) in [7, 11) is 0. The molecule has 2 heterocycles. The molecular weight excluding hydrogens is 254 g/mol. The van der Waals surface area contributed by atoms with Gasteiger partial charge in [0, 0.05) is 44.6 Å². The highest BCUT2D eigenvalue weighted by molar-refractivity contribution is 5.84.